The summed E-state index contributed by atoms with van der Waals surface area (Å²) in [6.07, 6.45) is 0. The number of halogens is 2. The highest BCUT2D eigenvalue weighted by atomic mass is 19.3. The van der Waals surface area contributed by atoms with Crippen LogP contribution in [0, 0.1) is 0 Å². The number of rotatable bonds is 3. The molecule has 0 atom stereocenters. The monoisotopic (exact) mass is 282 g/mol. The number of para-hydroxylation sites is 2. The van der Waals surface area contributed by atoms with Gasteiger partial charge < -0.3 is 9.30 Å². The summed E-state index contributed by atoms with van der Waals surface area (Å²) in [5, 5.41) is 0. The summed E-state index contributed by atoms with van der Waals surface area (Å²) in [5.41, 5.74) is -1.13. The number of esters is 1. The number of fused-ring (bicyclic) bond motifs is 1. The lowest BCUT2D eigenvalue weighted by molar-refractivity contribution is -0.154. The predicted molar refractivity (Wildman–Crippen MR) is 67.5 cm³/mol. The molecule has 0 bridgehead atoms. The van der Waals surface area contributed by atoms with E-state index in [9.17, 15) is 18.4 Å². The number of hydrogen-bond acceptors (Lipinski definition) is 4. The standard InChI is InChI=1S/C13H12F2N2O3/c1-8(18)20-7-13(14,15)11-12(19)17(2)10-6-4-3-5-9(10)16-11/h3-6H,7H2,1-2H3. The Morgan fingerprint density at radius 1 is 1.40 bits per heavy atom. The van der Waals surface area contributed by atoms with Gasteiger partial charge in [-0.3, -0.25) is 9.59 Å². The first-order valence-electron chi connectivity index (χ1n) is 5.80. The number of carbonyl (C=O) groups is 1. The van der Waals surface area contributed by atoms with E-state index in [0.717, 1.165) is 11.5 Å². The molecular weight excluding hydrogens is 270 g/mol. The lowest BCUT2D eigenvalue weighted by Gasteiger charge is -2.16. The largest absolute Gasteiger partial charge is 0.459 e. The van der Waals surface area contributed by atoms with Crippen molar-refractivity contribution in [3.05, 3.63) is 40.3 Å². The Morgan fingerprint density at radius 2 is 2.05 bits per heavy atom. The lowest BCUT2D eigenvalue weighted by atomic mass is 10.2. The third-order valence-electron chi connectivity index (χ3n) is 2.79. The second-order valence-corrected chi connectivity index (χ2v) is 4.30. The van der Waals surface area contributed by atoms with Crippen LogP contribution in [0.25, 0.3) is 11.0 Å². The molecule has 0 radical (unpaired) electrons. The maximum atomic E-state index is 13.9. The molecule has 0 fully saturated rings. The molecule has 0 saturated carbocycles. The smallest absolute Gasteiger partial charge is 0.328 e. The molecule has 0 aliphatic heterocycles. The van der Waals surface area contributed by atoms with E-state index in [2.05, 4.69) is 9.72 Å². The highest BCUT2D eigenvalue weighted by molar-refractivity contribution is 5.74. The number of aryl methyl sites for hydroxylation is 1. The van der Waals surface area contributed by atoms with E-state index >= 15 is 0 Å². The van der Waals surface area contributed by atoms with Crippen LogP contribution < -0.4 is 5.56 Å². The Labute approximate surface area is 112 Å². The maximum absolute atomic E-state index is 13.9. The van der Waals surface area contributed by atoms with Gasteiger partial charge in [0.2, 0.25) is 0 Å². The topological polar surface area (TPSA) is 61.2 Å². The molecule has 0 aliphatic rings. The van der Waals surface area contributed by atoms with Gasteiger partial charge in [-0.2, -0.15) is 8.78 Å². The van der Waals surface area contributed by atoms with Gasteiger partial charge in [-0.05, 0) is 12.1 Å². The van der Waals surface area contributed by atoms with Crippen molar-refractivity contribution in [3.63, 3.8) is 0 Å². The third-order valence-corrected chi connectivity index (χ3v) is 2.79. The Bertz CT molecular complexity index is 725. The number of alkyl halides is 2. The second kappa shape index (κ2) is 4.99. The summed E-state index contributed by atoms with van der Waals surface area (Å²) in [6.45, 7) is -0.190. The highest BCUT2D eigenvalue weighted by Crippen LogP contribution is 2.25. The van der Waals surface area contributed by atoms with E-state index in [1.54, 1.807) is 18.2 Å². The van der Waals surface area contributed by atoms with Crippen LogP contribution in [0.1, 0.15) is 12.6 Å². The number of aromatic nitrogens is 2. The number of nitrogens with zero attached hydrogens (tertiary/aromatic N) is 2. The Hall–Kier alpha value is -2.31. The van der Waals surface area contributed by atoms with Gasteiger partial charge in [-0.25, -0.2) is 4.98 Å². The molecule has 0 saturated heterocycles. The van der Waals surface area contributed by atoms with Crippen LogP contribution >= 0.6 is 0 Å². The molecule has 1 aromatic heterocycles. The zero-order valence-electron chi connectivity index (χ0n) is 10.9. The molecule has 0 amide bonds. The van der Waals surface area contributed by atoms with Crippen molar-refractivity contribution in [3.8, 4) is 0 Å². The first kappa shape index (κ1) is 14.1. The van der Waals surface area contributed by atoms with Crippen molar-refractivity contribution in [1.82, 2.24) is 9.55 Å². The summed E-state index contributed by atoms with van der Waals surface area (Å²) in [5.74, 6) is -4.48. The van der Waals surface area contributed by atoms with Crippen molar-refractivity contribution >= 4 is 17.0 Å². The minimum Gasteiger partial charge on any atom is -0.459 e. The minimum absolute atomic E-state index is 0.270. The number of carbonyl (C=O) groups excluding carboxylic acids is 1. The summed E-state index contributed by atoms with van der Waals surface area (Å²) >= 11 is 0. The van der Waals surface area contributed by atoms with E-state index in [-0.39, 0.29) is 5.52 Å². The summed E-state index contributed by atoms with van der Waals surface area (Å²) < 4.78 is 33.3. The molecule has 5 nitrogen and oxygen atoms in total. The van der Waals surface area contributed by atoms with Crippen molar-refractivity contribution in [1.29, 1.82) is 0 Å². The Morgan fingerprint density at radius 3 is 2.70 bits per heavy atom. The van der Waals surface area contributed by atoms with Crippen LogP contribution in [0.3, 0.4) is 0 Å². The summed E-state index contributed by atoms with van der Waals surface area (Å²) in [6, 6.07) is 6.45. The van der Waals surface area contributed by atoms with Crippen molar-refractivity contribution in [2.24, 2.45) is 7.05 Å². The minimum atomic E-state index is -3.63. The van der Waals surface area contributed by atoms with Crippen LogP contribution in [0.5, 0.6) is 0 Å². The Kier molecular flexibility index (Phi) is 3.52. The van der Waals surface area contributed by atoms with E-state index in [1.165, 1.54) is 13.1 Å². The number of ether oxygens (including phenoxy) is 1. The lowest BCUT2D eigenvalue weighted by Crippen LogP contribution is -2.34. The molecule has 0 N–H and O–H groups in total. The van der Waals surface area contributed by atoms with Gasteiger partial charge in [0.1, 0.15) is 0 Å². The molecule has 0 unspecified atom stereocenters. The molecule has 7 heteroatoms. The SMILES string of the molecule is CC(=O)OCC(F)(F)c1nc2ccccc2n(C)c1=O. The fourth-order valence-corrected chi connectivity index (χ4v) is 1.78. The van der Waals surface area contributed by atoms with Crippen LogP contribution in [0.2, 0.25) is 0 Å². The normalized spacial score (nSPS) is 11.6. The van der Waals surface area contributed by atoms with Gasteiger partial charge in [-0.15, -0.1) is 0 Å². The molecule has 106 valence electrons. The Balaban J connectivity index is 2.57. The van der Waals surface area contributed by atoms with Crippen molar-refractivity contribution in [2.75, 3.05) is 6.61 Å². The van der Waals surface area contributed by atoms with E-state index in [1.807, 2.05) is 0 Å². The van der Waals surface area contributed by atoms with Gasteiger partial charge in [0.05, 0.1) is 11.0 Å². The van der Waals surface area contributed by atoms with Crippen LogP contribution in [0.15, 0.2) is 29.1 Å². The quantitative estimate of drug-likeness (QED) is 0.802. The molecule has 2 aromatic rings. The molecule has 20 heavy (non-hydrogen) atoms. The molecule has 0 spiro atoms. The zero-order valence-corrected chi connectivity index (χ0v) is 10.9. The zero-order chi connectivity index (χ0) is 14.9. The first-order valence-corrected chi connectivity index (χ1v) is 5.80. The molecule has 1 heterocycles. The maximum Gasteiger partial charge on any atom is 0.328 e. The number of benzene rings is 1. The fourth-order valence-electron chi connectivity index (χ4n) is 1.78. The molecule has 0 aliphatic carbocycles. The van der Waals surface area contributed by atoms with E-state index < -0.39 is 29.8 Å². The first-order chi connectivity index (χ1) is 9.33. The van der Waals surface area contributed by atoms with Gasteiger partial charge in [-0.1, -0.05) is 12.1 Å². The average molecular weight is 282 g/mol. The average Bonchev–Trinajstić information content (AvgIpc) is 2.40. The second-order valence-electron chi connectivity index (χ2n) is 4.30. The van der Waals surface area contributed by atoms with Crippen molar-refractivity contribution in [2.45, 2.75) is 12.8 Å². The van der Waals surface area contributed by atoms with E-state index in [0.29, 0.717) is 5.52 Å². The summed E-state index contributed by atoms with van der Waals surface area (Å²) in [7, 11) is 1.39. The van der Waals surface area contributed by atoms with Crippen molar-refractivity contribution < 1.29 is 18.3 Å². The van der Waals surface area contributed by atoms with Crippen LogP contribution in [0.4, 0.5) is 8.78 Å². The molecular formula is C13H12F2N2O3. The predicted octanol–water partition coefficient (Wildman–Crippen LogP) is 1.59. The molecule has 1 aromatic carbocycles. The van der Waals surface area contributed by atoms with E-state index in [4.69, 9.17) is 0 Å². The van der Waals surface area contributed by atoms with Gasteiger partial charge in [0, 0.05) is 14.0 Å². The van der Waals surface area contributed by atoms with Gasteiger partial charge in [0.15, 0.2) is 12.3 Å². The van der Waals surface area contributed by atoms with Crippen LogP contribution in [-0.2, 0) is 22.5 Å². The van der Waals surface area contributed by atoms with Crippen LogP contribution in [-0.4, -0.2) is 22.1 Å². The highest BCUT2D eigenvalue weighted by Gasteiger charge is 2.38. The van der Waals surface area contributed by atoms with Gasteiger partial charge in [0.25, 0.3) is 5.56 Å². The fraction of sp³-hybridized carbons (Fsp3) is 0.308. The van der Waals surface area contributed by atoms with Gasteiger partial charge >= 0.3 is 11.9 Å². The number of hydrogen-bond donors (Lipinski definition) is 0. The molecule has 2 rings (SSSR count). The third kappa shape index (κ3) is 2.52. The summed E-state index contributed by atoms with van der Waals surface area (Å²) in [4.78, 5) is 26.3.